The molecule has 5 rings (SSSR count). The van der Waals surface area contributed by atoms with E-state index in [1.165, 1.54) is 180 Å². The Morgan fingerprint density at radius 2 is 0.805 bits per heavy atom. The standard InChI is InChI=1S/C39H68Cl2/c1-3-5-7-8-9-10-11-13-32-16-20-34(21-17-32)36-24-28-38(29-25-36)30-37(39(38,40)41)26-22-35(23-27-37)33-18-14-31(15-19-33)12-6-4-2/h31-36H,3-30H2,1-2H3. The van der Waals surface area contributed by atoms with E-state index < -0.39 is 4.33 Å². The van der Waals surface area contributed by atoms with Crippen LogP contribution in [0.1, 0.15) is 194 Å². The van der Waals surface area contributed by atoms with Gasteiger partial charge in [-0.1, -0.05) is 110 Å². The molecule has 41 heavy (non-hydrogen) atoms. The molecular weight excluding hydrogens is 539 g/mol. The molecule has 0 nitrogen and oxygen atoms in total. The Morgan fingerprint density at radius 1 is 0.439 bits per heavy atom. The van der Waals surface area contributed by atoms with Crippen molar-refractivity contribution in [3.8, 4) is 0 Å². The third kappa shape index (κ3) is 7.53. The molecule has 0 radical (unpaired) electrons. The number of hydrogen-bond acceptors (Lipinski definition) is 0. The van der Waals surface area contributed by atoms with E-state index in [9.17, 15) is 0 Å². The maximum absolute atomic E-state index is 7.49. The van der Waals surface area contributed by atoms with Gasteiger partial charge in [-0.3, -0.25) is 0 Å². The fourth-order valence-corrected chi connectivity index (χ4v) is 12.4. The third-order valence-electron chi connectivity index (χ3n) is 14.3. The van der Waals surface area contributed by atoms with Crippen LogP contribution >= 0.6 is 23.2 Å². The molecule has 238 valence electrons. The van der Waals surface area contributed by atoms with Crippen molar-refractivity contribution in [1.29, 1.82) is 0 Å². The van der Waals surface area contributed by atoms with Crippen LogP contribution in [0.25, 0.3) is 0 Å². The Kier molecular flexibility index (Phi) is 12.3. The zero-order chi connectivity index (χ0) is 28.8. The van der Waals surface area contributed by atoms with Crippen LogP contribution in [0.3, 0.4) is 0 Å². The molecule has 0 N–H and O–H groups in total. The number of hydrogen-bond donors (Lipinski definition) is 0. The molecule has 0 amide bonds. The topological polar surface area (TPSA) is 0 Å². The smallest absolute Gasteiger partial charge is 0.100 e. The minimum Gasteiger partial charge on any atom is -0.100 e. The van der Waals surface area contributed by atoms with Crippen LogP contribution in [0, 0.1) is 46.3 Å². The van der Waals surface area contributed by atoms with Gasteiger partial charge in [-0.05, 0) is 119 Å². The summed E-state index contributed by atoms with van der Waals surface area (Å²) in [6.07, 6.45) is 40.3. The zero-order valence-corrected chi connectivity index (χ0v) is 29.0. The highest BCUT2D eigenvalue weighted by atomic mass is 35.5. The van der Waals surface area contributed by atoms with E-state index >= 15 is 0 Å². The summed E-state index contributed by atoms with van der Waals surface area (Å²) >= 11 is 15.0. The fourth-order valence-electron chi connectivity index (χ4n) is 11.4. The Hall–Kier alpha value is 0.580. The van der Waals surface area contributed by atoms with Crippen LogP contribution in [0.15, 0.2) is 0 Å². The minimum atomic E-state index is -0.456. The van der Waals surface area contributed by atoms with E-state index in [2.05, 4.69) is 13.8 Å². The second kappa shape index (κ2) is 15.2. The highest BCUT2D eigenvalue weighted by Crippen LogP contribution is 2.77. The van der Waals surface area contributed by atoms with E-state index in [1.807, 2.05) is 0 Å². The van der Waals surface area contributed by atoms with E-state index in [4.69, 9.17) is 23.2 Å². The van der Waals surface area contributed by atoms with Gasteiger partial charge in [-0.15, -0.1) is 23.2 Å². The van der Waals surface area contributed by atoms with E-state index in [0.717, 1.165) is 35.5 Å². The average Bonchev–Trinajstić information content (AvgIpc) is 3.01. The Morgan fingerprint density at radius 3 is 1.22 bits per heavy atom. The summed E-state index contributed by atoms with van der Waals surface area (Å²) in [4.78, 5) is 0. The second-order valence-corrected chi connectivity index (χ2v) is 17.9. The average molecular weight is 608 g/mol. The predicted molar refractivity (Wildman–Crippen MR) is 181 cm³/mol. The first kappa shape index (κ1) is 33.0. The molecule has 0 aliphatic heterocycles. The van der Waals surface area contributed by atoms with Crippen LogP contribution in [0.5, 0.6) is 0 Å². The SMILES string of the molecule is CCCCCCCCCC1CCC(C2CCC3(CC2)CC2(CCC(C4CCC(CCCC)CC4)CC2)C3(Cl)Cl)CC1. The van der Waals surface area contributed by atoms with Gasteiger partial charge < -0.3 is 0 Å². The molecule has 2 spiro atoms. The van der Waals surface area contributed by atoms with Gasteiger partial charge >= 0.3 is 0 Å². The monoisotopic (exact) mass is 606 g/mol. The molecule has 0 atom stereocenters. The summed E-state index contributed by atoms with van der Waals surface area (Å²) < 4.78 is -0.456. The highest BCUT2D eigenvalue weighted by Gasteiger charge is 2.72. The summed E-state index contributed by atoms with van der Waals surface area (Å²) in [7, 11) is 0. The Labute approximate surface area is 266 Å². The molecule has 5 aliphatic rings. The van der Waals surface area contributed by atoms with Crippen molar-refractivity contribution in [3.05, 3.63) is 0 Å². The maximum atomic E-state index is 7.49. The molecule has 0 unspecified atom stereocenters. The van der Waals surface area contributed by atoms with Gasteiger partial charge in [0.2, 0.25) is 0 Å². The van der Waals surface area contributed by atoms with Gasteiger partial charge in [0.05, 0.1) is 0 Å². The summed E-state index contributed by atoms with van der Waals surface area (Å²) in [5.41, 5.74) is 0.483. The van der Waals surface area contributed by atoms with E-state index in [1.54, 1.807) is 0 Å². The molecule has 5 fully saturated rings. The van der Waals surface area contributed by atoms with Gasteiger partial charge in [0, 0.05) is 10.8 Å². The maximum Gasteiger partial charge on any atom is 0.129 e. The van der Waals surface area contributed by atoms with Crippen LogP contribution in [0.4, 0.5) is 0 Å². The van der Waals surface area contributed by atoms with Crippen molar-refractivity contribution in [2.45, 2.75) is 198 Å². The van der Waals surface area contributed by atoms with E-state index in [-0.39, 0.29) is 10.8 Å². The second-order valence-electron chi connectivity index (χ2n) is 16.6. The third-order valence-corrected chi connectivity index (χ3v) is 15.9. The highest BCUT2D eigenvalue weighted by molar-refractivity contribution is 6.50. The first-order chi connectivity index (χ1) is 19.9. The van der Waals surface area contributed by atoms with E-state index in [0.29, 0.717) is 0 Å². The quantitative estimate of drug-likeness (QED) is 0.144. The van der Waals surface area contributed by atoms with Crippen molar-refractivity contribution >= 4 is 23.2 Å². The summed E-state index contributed by atoms with van der Waals surface area (Å²) in [6, 6.07) is 0. The van der Waals surface area contributed by atoms with Crippen LogP contribution in [-0.2, 0) is 0 Å². The lowest BCUT2D eigenvalue weighted by Gasteiger charge is -2.69. The predicted octanol–water partition coefficient (Wildman–Crippen LogP) is 13.9. The minimum absolute atomic E-state index is 0.241. The lowest BCUT2D eigenvalue weighted by molar-refractivity contribution is -0.122. The molecule has 5 saturated carbocycles. The molecule has 0 bridgehead atoms. The normalized spacial score (nSPS) is 41.0. The van der Waals surface area contributed by atoms with Crippen LogP contribution in [-0.4, -0.2) is 4.33 Å². The molecule has 0 heterocycles. The molecule has 5 aliphatic carbocycles. The molecule has 0 aromatic rings. The van der Waals surface area contributed by atoms with Gasteiger partial charge in [0.25, 0.3) is 0 Å². The summed E-state index contributed by atoms with van der Waals surface area (Å²) in [5.74, 6) is 5.99. The van der Waals surface area contributed by atoms with Crippen molar-refractivity contribution in [3.63, 3.8) is 0 Å². The van der Waals surface area contributed by atoms with Crippen LogP contribution < -0.4 is 0 Å². The van der Waals surface area contributed by atoms with Crippen molar-refractivity contribution in [2.24, 2.45) is 46.3 Å². The molecule has 0 aromatic carbocycles. The molecule has 0 aromatic heterocycles. The lowest BCUT2D eigenvalue weighted by atomic mass is 9.42. The zero-order valence-electron chi connectivity index (χ0n) is 27.5. The number of halogens is 2. The van der Waals surface area contributed by atoms with Gasteiger partial charge in [-0.25, -0.2) is 0 Å². The van der Waals surface area contributed by atoms with Crippen molar-refractivity contribution in [2.75, 3.05) is 0 Å². The number of rotatable bonds is 13. The van der Waals surface area contributed by atoms with Gasteiger partial charge in [-0.2, -0.15) is 0 Å². The first-order valence-electron chi connectivity index (χ1n) is 19.3. The summed E-state index contributed by atoms with van der Waals surface area (Å²) in [6.45, 7) is 4.66. The summed E-state index contributed by atoms with van der Waals surface area (Å²) in [5, 5.41) is 0. The Bertz CT molecular complexity index is 740. The lowest BCUT2D eigenvalue weighted by Crippen LogP contribution is -2.66. The largest absolute Gasteiger partial charge is 0.129 e. The first-order valence-corrected chi connectivity index (χ1v) is 20.1. The molecular formula is C39H68Cl2. The molecule has 0 saturated heterocycles. The number of alkyl halides is 2. The van der Waals surface area contributed by atoms with Crippen molar-refractivity contribution < 1.29 is 0 Å². The van der Waals surface area contributed by atoms with Crippen molar-refractivity contribution in [1.82, 2.24) is 0 Å². The number of unbranched alkanes of at least 4 members (excludes halogenated alkanes) is 7. The van der Waals surface area contributed by atoms with Gasteiger partial charge in [0.15, 0.2) is 0 Å². The van der Waals surface area contributed by atoms with Crippen LogP contribution in [0.2, 0.25) is 0 Å². The van der Waals surface area contributed by atoms with Gasteiger partial charge in [0.1, 0.15) is 4.33 Å². The molecule has 2 heteroatoms. The fraction of sp³-hybridized carbons (Fsp3) is 1.00. The Balaban J connectivity index is 0.991.